The lowest BCUT2D eigenvalue weighted by Crippen LogP contribution is -2.63. The molecule has 3 aliphatic carbocycles. The Kier molecular flexibility index (Phi) is 7.61. The zero-order valence-corrected chi connectivity index (χ0v) is 23.7. The molecule has 0 radical (unpaired) electrons. The number of nitrogens with one attached hydrogen (secondary N) is 1. The third kappa shape index (κ3) is 4.29. The summed E-state index contributed by atoms with van der Waals surface area (Å²) in [7, 11) is 6.86. The zero-order valence-electron chi connectivity index (χ0n) is 23.7. The number of allylic oxidation sites excluding steroid dienone is 2. The third-order valence-electron chi connectivity index (χ3n) is 8.47. The molecule has 4 rings (SSSR count). The molecule has 0 unspecified atom stereocenters. The molecule has 0 aromatic heterocycles. The van der Waals surface area contributed by atoms with Gasteiger partial charge in [-0.2, -0.15) is 0 Å². The topological polar surface area (TPSA) is 177 Å². The highest BCUT2D eigenvalue weighted by molar-refractivity contribution is 6.24. The average molecular weight is 555 g/mol. The van der Waals surface area contributed by atoms with Crippen molar-refractivity contribution in [2.45, 2.75) is 44.9 Å². The second kappa shape index (κ2) is 10.4. The zero-order chi connectivity index (χ0) is 29.8. The fraction of sp³-hybridized carbons (Fsp3) is 0.483. The van der Waals surface area contributed by atoms with Gasteiger partial charge >= 0.3 is 0 Å². The number of hydrogen-bond acceptors (Lipinski definition) is 10. The Labute approximate surface area is 233 Å². The number of hydrogen-bond donors (Lipinski definition) is 6. The first-order chi connectivity index (χ1) is 18.7. The number of phenolic OH excluding ortho intramolecular Hbond substituents is 1. The normalized spacial score (nSPS) is 26.6. The average Bonchev–Trinajstić information content (AvgIpc) is 2.86. The Balaban J connectivity index is 1.90. The number of anilines is 1. The number of fused-ring (bicyclic) bond motifs is 3. The largest absolute Gasteiger partial charge is 0.510 e. The van der Waals surface area contributed by atoms with Gasteiger partial charge in [-0.25, -0.2) is 0 Å². The molecule has 0 aliphatic heterocycles. The van der Waals surface area contributed by atoms with Gasteiger partial charge in [-0.05, 0) is 58.3 Å². The molecule has 0 spiro atoms. The van der Waals surface area contributed by atoms with E-state index in [0.717, 1.165) is 11.3 Å². The van der Waals surface area contributed by atoms with E-state index in [9.17, 15) is 34.8 Å². The molecule has 216 valence electrons. The summed E-state index contributed by atoms with van der Waals surface area (Å²) in [5.74, 6) is -6.58. The molecule has 1 aromatic rings. The van der Waals surface area contributed by atoms with Gasteiger partial charge in [0.1, 0.15) is 22.8 Å². The van der Waals surface area contributed by atoms with Crippen LogP contribution in [0.4, 0.5) is 5.69 Å². The van der Waals surface area contributed by atoms with Crippen LogP contribution in [0, 0.1) is 11.8 Å². The van der Waals surface area contributed by atoms with E-state index in [1.165, 1.54) is 4.90 Å². The van der Waals surface area contributed by atoms with Crippen molar-refractivity contribution in [2.75, 3.05) is 39.6 Å². The van der Waals surface area contributed by atoms with Gasteiger partial charge in [-0.1, -0.05) is 11.6 Å². The number of likely N-dealkylation sites (N-methyl/N-ethyl adjacent to an activating group) is 1. The SMILES string of the molecule is C/C=C(/C)CNCc1cc(N(C)C)c2c(c1O)C(=O)C1=C(O)[C@]3(O)C(=O)C(C(N)=O)=C(O)[C@@H](N(C)C)[C@@H]3C[C@@H]1C2. The van der Waals surface area contributed by atoms with Gasteiger partial charge in [0.25, 0.3) is 5.91 Å². The standard InChI is InChI=1S/C29H38N4O7/c1-7-13(2)11-31-12-15-10-18(32(3)4)16-8-14-9-17-22(33(5)6)25(36)21(28(30)39)27(38)29(17,40)26(37)19(14)24(35)20(16)23(15)34/h7,10,14,17,22,31,34,36-37,40H,8-9,11-12H2,1-6H3,(H2,30,39)/b13-7-/t14-,17-,22-,29-/m0/s1. The number of amides is 1. The van der Waals surface area contributed by atoms with E-state index in [-0.39, 0.29) is 36.3 Å². The van der Waals surface area contributed by atoms with Crippen molar-refractivity contribution >= 4 is 23.2 Å². The molecule has 40 heavy (non-hydrogen) atoms. The Morgan fingerprint density at radius 2 is 1.85 bits per heavy atom. The van der Waals surface area contributed by atoms with Gasteiger partial charge in [0.15, 0.2) is 11.4 Å². The van der Waals surface area contributed by atoms with Crippen molar-refractivity contribution in [1.29, 1.82) is 0 Å². The number of aliphatic hydroxyl groups is 3. The van der Waals surface area contributed by atoms with Crippen LogP contribution in [-0.4, -0.2) is 89.2 Å². The summed E-state index contributed by atoms with van der Waals surface area (Å²) in [6.45, 7) is 4.75. The van der Waals surface area contributed by atoms with Crippen molar-refractivity contribution in [2.24, 2.45) is 17.6 Å². The highest BCUT2D eigenvalue weighted by Gasteiger charge is 2.63. The fourth-order valence-electron chi connectivity index (χ4n) is 6.38. The summed E-state index contributed by atoms with van der Waals surface area (Å²) in [5.41, 5.74) is 4.64. The number of aromatic hydroxyl groups is 1. The number of primary amides is 1. The predicted octanol–water partition coefficient (Wildman–Crippen LogP) is 1.24. The molecular weight excluding hydrogens is 516 g/mol. The second-order valence-electron chi connectivity index (χ2n) is 11.4. The summed E-state index contributed by atoms with van der Waals surface area (Å²) in [6, 6.07) is 0.800. The summed E-state index contributed by atoms with van der Waals surface area (Å²) in [4.78, 5) is 43.0. The molecule has 0 saturated carbocycles. The van der Waals surface area contributed by atoms with Crippen LogP contribution in [0.5, 0.6) is 5.75 Å². The Hall–Kier alpha value is -3.67. The van der Waals surface area contributed by atoms with E-state index in [1.807, 2.05) is 45.0 Å². The quantitative estimate of drug-likeness (QED) is 0.212. The lowest BCUT2D eigenvalue weighted by molar-refractivity contribution is -0.148. The first-order valence-corrected chi connectivity index (χ1v) is 13.2. The molecule has 1 amide bonds. The molecule has 7 N–H and O–H groups in total. The fourth-order valence-corrected chi connectivity index (χ4v) is 6.38. The van der Waals surface area contributed by atoms with Crippen LogP contribution in [0.1, 0.15) is 41.8 Å². The number of benzene rings is 1. The molecule has 11 nitrogen and oxygen atoms in total. The molecule has 0 fully saturated rings. The van der Waals surface area contributed by atoms with E-state index in [2.05, 4.69) is 5.32 Å². The van der Waals surface area contributed by atoms with Crippen LogP contribution < -0.4 is 16.0 Å². The van der Waals surface area contributed by atoms with Crippen LogP contribution in [0.2, 0.25) is 0 Å². The number of rotatable bonds is 7. The highest BCUT2D eigenvalue weighted by Crippen LogP contribution is 2.53. The van der Waals surface area contributed by atoms with Crippen LogP contribution >= 0.6 is 0 Å². The van der Waals surface area contributed by atoms with E-state index >= 15 is 0 Å². The maximum atomic E-state index is 14.0. The van der Waals surface area contributed by atoms with E-state index < -0.39 is 58.0 Å². The smallest absolute Gasteiger partial charge is 0.255 e. The van der Waals surface area contributed by atoms with Gasteiger partial charge in [0.05, 0.1) is 11.6 Å². The van der Waals surface area contributed by atoms with Crippen LogP contribution in [0.25, 0.3) is 0 Å². The molecule has 3 aliphatic rings. The van der Waals surface area contributed by atoms with Gasteiger partial charge in [-0.3, -0.25) is 19.3 Å². The van der Waals surface area contributed by atoms with Gasteiger partial charge in [0, 0.05) is 49.9 Å². The summed E-state index contributed by atoms with van der Waals surface area (Å²) in [5, 5.41) is 48.7. The Bertz CT molecular complexity index is 1390. The van der Waals surface area contributed by atoms with E-state index in [4.69, 9.17) is 5.73 Å². The number of ketones is 2. The Morgan fingerprint density at radius 1 is 1.20 bits per heavy atom. The summed E-state index contributed by atoms with van der Waals surface area (Å²) >= 11 is 0. The maximum Gasteiger partial charge on any atom is 0.255 e. The van der Waals surface area contributed by atoms with Crippen molar-refractivity contribution in [1.82, 2.24) is 10.2 Å². The minimum Gasteiger partial charge on any atom is -0.510 e. The Morgan fingerprint density at radius 3 is 2.40 bits per heavy atom. The number of aliphatic hydroxyl groups excluding tert-OH is 2. The number of phenols is 1. The number of nitrogens with two attached hydrogens (primary N) is 1. The monoisotopic (exact) mass is 554 g/mol. The molecule has 0 heterocycles. The van der Waals surface area contributed by atoms with Crippen LogP contribution in [0.3, 0.4) is 0 Å². The summed E-state index contributed by atoms with van der Waals surface area (Å²) in [6.07, 6.45) is 2.25. The number of carbonyl (C=O) groups excluding carboxylic acids is 3. The van der Waals surface area contributed by atoms with Crippen LogP contribution in [-0.2, 0) is 22.6 Å². The lowest BCUT2D eigenvalue weighted by atomic mass is 9.58. The van der Waals surface area contributed by atoms with Crippen molar-refractivity contribution in [3.8, 4) is 5.75 Å². The van der Waals surface area contributed by atoms with Crippen molar-refractivity contribution < 1.29 is 34.8 Å². The number of carbonyl (C=O) groups is 3. The highest BCUT2D eigenvalue weighted by atomic mass is 16.3. The molecular formula is C29H38N4O7. The molecule has 11 heteroatoms. The predicted molar refractivity (Wildman–Crippen MR) is 149 cm³/mol. The molecule has 0 bridgehead atoms. The van der Waals surface area contributed by atoms with Gasteiger partial charge < -0.3 is 36.4 Å². The minimum absolute atomic E-state index is 0.00605. The number of nitrogens with zero attached hydrogens (tertiary/aromatic N) is 2. The first kappa shape index (κ1) is 29.3. The van der Waals surface area contributed by atoms with E-state index in [1.54, 1.807) is 14.1 Å². The second-order valence-corrected chi connectivity index (χ2v) is 11.4. The molecule has 4 atom stereocenters. The van der Waals surface area contributed by atoms with Crippen molar-refractivity contribution in [3.05, 3.63) is 57.1 Å². The van der Waals surface area contributed by atoms with Crippen LogP contribution in [0.15, 0.2) is 40.4 Å². The maximum absolute atomic E-state index is 14.0. The van der Waals surface area contributed by atoms with Gasteiger partial charge in [0.2, 0.25) is 5.78 Å². The number of Topliss-reactive ketones (excluding diaryl/α,β-unsaturated/α-hetero) is 2. The first-order valence-electron chi connectivity index (χ1n) is 13.2. The summed E-state index contributed by atoms with van der Waals surface area (Å²) < 4.78 is 0. The lowest BCUT2D eigenvalue weighted by Gasteiger charge is -2.50. The third-order valence-corrected chi connectivity index (χ3v) is 8.47. The van der Waals surface area contributed by atoms with Crippen molar-refractivity contribution in [3.63, 3.8) is 0 Å². The minimum atomic E-state index is -2.66. The molecule has 1 aromatic carbocycles. The van der Waals surface area contributed by atoms with E-state index in [0.29, 0.717) is 17.7 Å². The molecule has 0 saturated heterocycles. The van der Waals surface area contributed by atoms with Gasteiger partial charge in [-0.15, -0.1) is 0 Å².